The minimum absolute atomic E-state index is 0.276. The molecule has 0 unspecified atom stereocenters. The fourth-order valence-electron chi connectivity index (χ4n) is 4.60. The summed E-state index contributed by atoms with van der Waals surface area (Å²) < 4.78 is 14.1. The Kier molecular flexibility index (Phi) is 6.54. The molecule has 5 rings (SSSR count). The van der Waals surface area contributed by atoms with Crippen molar-refractivity contribution in [2.45, 2.75) is 13.8 Å². The topological polar surface area (TPSA) is 73.5 Å². The summed E-state index contributed by atoms with van der Waals surface area (Å²) in [4.78, 5) is 14.8. The Morgan fingerprint density at radius 1 is 1.05 bits per heavy atom. The SMILES string of the molecule is C=C/C(=C\C(=C/C)c1cc2c(-c3cc4c(-c5cc(C)cc(F)c5)nccc4[nH]3)n[nH]c2cn1)CN(C)C. The maximum absolute atomic E-state index is 14.1. The molecule has 0 atom stereocenters. The van der Waals surface area contributed by atoms with Crippen LogP contribution in [0.1, 0.15) is 18.2 Å². The molecule has 4 heterocycles. The molecule has 0 saturated heterocycles. The number of aromatic nitrogens is 5. The van der Waals surface area contributed by atoms with Crippen LogP contribution in [0.15, 0.2) is 79.2 Å². The molecular weight excluding hydrogens is 463 g/mol. The van der Waals surface area contributed by atoms with Crippen molar-refractivity contribution in [2.75, 3.05) is 20.6 Å². The highest BCUT2D eigenvalue weighted by Gasteiger charge is 2.16. The largest absolute Gasteiger partial charge is 0.353 e. The predicted molar refractivity (Wildman–Crippen MR) is 150 cm³/mol. The van der Waals surface area contributed by atoms with E-state index in [0.29, 0.717) is 0 Å². The van der Waals surface area contributed by atoms with Gasteiger partial charge in [0.2, 0.25) is 0 Å². The number of likely N-dealkylation sites (N-methyl/N-ethyl adjacent to an activating group) is 1. The second-order valence-electron chi connectivity index (χ2n) is 9.41. The highest BCUT2D eigenvalue weighted by molar-refractivity contribution is 6.00. The van der Waals surface area contributed by atoms with Crippen LogP contribution < -0.4 is 0 Å². The van der Waals surface area contributed by atoms with Crippen molar-refractivity contribution in [3.63, 3.8) is 0 Å². The van der Waals surface area contributed by atoms with Crippen molar-refractivity contribution in [3.05, 3.63) is 96.2 Å². The summed E-state index contributed by atoms with van der Waals surface area (Å²) in [6.07, 6.45) is 9.58. The number of halogens is 1. The number of nitrogens with zero attached hydrogens (tertiary/aromatic N) is 4. The summed E-state index contributed by atoms with van der Waals surface area (Å²) in [6, 6.07) is 11.0. The highest BCUT2D eigenvalue weighted by Crippen LogP contribution is 2.34. The molecule has 6 nitrogen and oxygen atoms in total. The molecule has 186 valence electrons. The van der Waals surface area contributed by atoms with Gasteiger partial charge in [0.15, 0.2) is 0 Å². The lowest BCUT2D eigenvalue weighted by atomic mass is 10.0. The number of benzene rings is 1. The lowest BCUT2D eigenvalue weighted by Crippen LogP contribution is -2.14. The lowest BCUT2D eigenvalue weighted by Gasteiger charge is -2.11. The van der Waals surface area contributed by atoms with E-state index < -0.39 is 0 Å². The Balaban J connectivity index is 1.60. The van der Waals surface area contributed by atoms with E-state index in [1.54, 1.807) is 6.20 Å². The Labute approximate surface area is 215 Å². The molecule has 5 aromatic rings. The molecule has 1 aromatic carbocycles. The summed E-state index contributed by atoms with van der Waals surface area (Å²) in [5.74, 6) is -0.276. The summed E-state index contributed by atoms with van der Waals surface area (Å²) in [7, 11) is 4.07. The third-order valence-electron chi connectivity index (χ3n) is 6.27. The molecular formula is C30H29FN6. The molecule has 7 heteroatoms. The van der Waals surface area contributed by atoms with Crippen LogP contribution in [0, 0.1) is 12.7 Å². The van der Waals surface area contributed by atoms with E-state index in [1.807, 2.05) is 58.4 Å². The van der Waals surface area contributed by atoms with E-state index in [1.165, 1.54) is 12.1 Å². The van der Waals surface area contributed by atoms with Gasteiger partial charge in [-0.1, -0.05) is 18.7 Å². The van der Waals surface area contributed by atoms with E-state index in [9.17, 15) is 4.39 Å². The third-order valence-corrected chi connectivity index (χ3v) is 6.27. The van der Waals surface area contributed by atoms with Gasteiger partial charge >= 0.3 is 0 Å². The molecule has 0 saturated carbocycles. The standard InChI is InChI=1S/C30H29FN6/c1-6-19(17-37(4)5)12-20(7-2)26-14-24-28(16-33-26)35-36-30(24)27-15-23-25(34-27)8-9-32-29(23)21-10-18(3)11-22(31)13-21/h6-16,34H,1,17H2,2-5H3,(H,35,36)/b19-12+,20-7+. The fraction of sp³-hybridized carbons (Fsp3) is 0.167. The van der Waals surface area contributed by atoms with E-state index in [-0.39, 0.29) is 5.82 Å². The number of rotatable bonds is 7. The van der Waals surface area contributed by atoms with E-state index in [0.717, 1.165) is 73.4 Å². The predicted octanol–water partition coefficient (Wildman–Crippen LogP) is 6.69. The molecule has 0 bridgehead atoms. The van der Waals surface area contributed by atoms with E-state index in [4.69, 9.17) is 0 Å². The zero-order valence-electron chi connectivity index (χ0n) is 21.4. The zero-order valence-corrected chi connectivity index (χ0v) is 21.4. The van der Waals surface area contributed by atoms with Crippen LogP contribution >= 0.6 is 0 Å². The molecule has 2 N–H and O–H groups in total. The number of pyridine rings is 2. The minimum Gasteiger partial charge on any atom is -0.353 e. The number of hydrogen-bond donors (Lipinski definition) is 2. The summed E-state index contributed by atoms with van der Waals surface area (Å²) >= 11 is 0. The van der Waals surface area contributed by atoms with Gasteiger partial charge in [-0.15, -0.1) is 0 Å². The van der Waals surface area contributed by atoms with Gasteiger partial charge in [-0.05, 0) is 87.1 Å². The number of fused-ring (bicyclic) bond motifs is 2. The summed E-state index contributed by atoms with van der Waals surface area (Å²) in [5.41, 5.74) is 8.66. The van der Waals surface area contributed by atoms with Crippen LogP contribution in [-0.4, -0.2) is 50.7 Å². The van der Waals surface area contributed by atoms with Gasteiger partial charge in [0.25, 0.3) is 0 Å². The summed E-state index contributed by atoms with van der Waals surface area (Å²) in [5, 5.41) is 9.56. The average Bonchev–Trinajstić information content (AvgIpc) is 3.49. The van der Waals surface area contributed by atoms with Gasteiger partial charge in [0.1, 0.15) is 11.5 Å². The highest BCUT2D eigenvalue weighted by atomic mass is 19.1. The molecule has 0 aliphatic heterocycles. The maximum Gasteiger partial charge on any atom is 0.124 e. The first-order valence-corrected chi connectivity index (χ1v) is 12.1. The van der Waals surface area contributed by atoms with Crippen molar-refractivity contribution >= 4 is 27.4 Å². The Bertz CT molecular complexity index is 1670. The quantitative estimate of drug-likeness (QED) is 0.248. The van der Waals surface area contributed by atoms with Crippen LogP contribution in [0.5, 0.6) is 0 Å². The van der Waals surface area contributed by atoms with Crippen molar-refractivity contribution < 1.29 is 4.39 Å². The molecule has 0 aliphatic carbocycles. The Morgan fingerprint density at radius 3 is 2.59 bits per heavy atom. The Morgan fingerprint density at radius 2 is 1.86 bits per heavy atom. The smallest absolute Gasteiger partial charge is 0.124 e. The van der Waals surface area contributed by atoms with E-state index in [2.05, 4.69) is 54.8 Å². The van der Waals surface area contributed by atoms with Crippen LogP contribution in [0.2, 0.25) is 0 Å². The van der Waals surface area contributed by atoms with Crippen molar-refractivity contribution in [2.24, 2.45) is 0 Å². The average molecular weight is 493 g/mol. The molecule has 0 fully saturated rings. The first kappa shape index (κ1) is 24.3. The van der Waals surface area contributed by atoms with Crippen molar-refractivity contribution in [3.8, 4) is 22.6 Å². The van der Waals surface area contributed by atoms with Gasteiger partial charge in [-0.3, -0.25) is 15.1 Å². The normalized spacial score (nSPS) is 12.7. The van der Waals surface area contributed by atoms with Crippen molar-refractivity contribution in [1.82, 2.24) is 30.0 Å². The molecule has 0 amide bonds. The van der Waals surface area contributed by atoms with Crippen molar-refractivity contribution in [1.29, 1.82) is 0 Å². The Hall–Kier alpha value is -4.36. The van der Waals surface area contributed by atoms with Crippen LogP contribution in [-0.2, 0) is 0 Å². The minimum atomic E-state index is -0.276. The first-order valence-electron chi connectivity index (χ1n) is 12.1. The first-order chi connectivity index (χ1) is 17.9. The number of aryl methyl sites for hydroxylation is 1. The fourth-order valence-corrected chi connectivity index (χ4v) is 4.60. The van der Waals surface area contributed by atoms with E-state index >= 15 is 0 Å². The van der Waals surface area contributed by atoms with Crippen LogP contribution in [0.4, 0.5) is 4.39 Å². The zero-order chi connectivity index (χ0) is 26.1. The van der Waals surface area contributed by atoms with Gasteiger partial charge in [-0.2, -0.15) is 5.10 Å². The molecule has 0 spiro atoms. The van der Waals surface area contributed by atoms with Crippen LogP contribution in [0.25, 0.3) is 50.0 Å². The second-order valence-corrected chi connectivity index (χ2v) is 9.41. The number of H-pyrrole nitrogens is 2. The van der Waals surface area contributed by atoms with Gasteiger partial charge in [-0.25, -0.2) is 4.39 Å². The van der Waals surface area contributed by atoms with Gasteiger partial charge in [0, 0.05) is 34.6 Å². The molecule has 0 radical (unpaired) electrons. The number of hydrogen-bond acceptors (Lipinski definition) is 4. The summed E-state index contributed by atoms with van der Waals surface area (Å²) in [6.45, 7) is 8.63. The lowest BCUT2D eigenvalue weighted by molar-refractivity contribution is 0.449. The number of aromatic amines is 2. The maximum atomic E-state index is 14.1. The van der Waals surface area contributed by atoms with Crippen LogP contribution in [0.3, 0.4) is 0 Å². The van der Waals surface area contributed by atoms with Gasteiger partial charge in [0.05, 0.1) is 28.8 Å². The third kappa shape index (κ3) is 4.86. The monoisotopic (exact) mass is 492 g/mol. The number of allylic oxidation sites excluding steroid dienone is 3. The molecule has 0 aliphatic rings. The second kappa shape index (κ2) is 9.95. The van der Waals surface area contributed by atoms with Gasteiger partial charge < -0.3 is 9.88 Å². The molecule has 4 aromatic heterocycles. The molecule has 37 heavy (non-hydrogen) atoms. The number of nitrogens with one attached hydrogen (secondary N) is 2.